The summed E-state index contributed by atoms with van der Waals surface area (Å²) in [5.41, 5.74) is 1.19. The van der Waals surface area contributed by atoms with E-state index < -0.39 is 15.7 Å². The molecule has 0 bridgehead atoms. The van der Waals surface area contributed by atoms with Gasteiger partial charge < -0.3 is 5.32 Å². The molecule has 0 fully saturated rings. The first-order valence-corrected chi connectivity index (χ1v) is 8.03. The van der Waals surface area contributed by atoms with Crippen molar-refractivity contribution < 1.29 is 9.13 Å². The van der Waals surface area contributed by atoms with E-state index in [2.05, 4.69) is 10.3 Å². The molecule has 8 heteroatoms. The molecule has 0 saturated carbocycles. The summed E-state index contributed by atoms with van der Waals surface area (Å²) >= 11 is 6.04. The molecule has 110 valence electrons. The van der Waals surface area contributed by atoms with Crippen LogP contribution in [0.4, 0.5) is 17.2 Å². The zero-order valence-electron chi connectivity index (χ0n) is 11.1. The maximum Gasteiger partial charge on any atom is 0.311 e. The quantitative estimate of drug-likeness (QED) is 0.673. The van der Waals surface area contributed by atoms with Crippen molar-refractivity contribution in [3.63, 3.8) is 0 Å². The lowest BCUT2D eigenvalue weighted by Gasteiger charge is -2.09. The standard InChI is InChI=1S/C13H12ClN3O3S/c1-21(20)8-9-7-10(4-5-11(9)14)16-13-12(17(18)19)3-2-6-15-13/h2-7H,8H2,1H3,(H,15,16)/t21-/m0/s1. The summed E-state index contributed by atoms with van der Waals surface area (Å²) in [6, 6.07) is 7.91. The van der Waals surface area contributed by atoms with Crippen LogP contribution in [0.5, 0.6) is 0 Å². The van der Waals surface area contributed by atoms with Crippen molar-refractivity contribution in [3.05, 3.63) is 57.2 Å². The molecule has 0 spiro atoms. The zero-order valence-corrected chi connectivity index (χ0v) is 12.6. The summed E-state index contributed by atoms with van der Waals surface area (Å²) in [7, 11) is -1.03. The Balaban J connectivity index is 2.32. The summed E-state index contributed by atoms with van der Waals surface area (Å²) < 4.78 is 11.3. The summed E-state index contributed by atoms with van der Waals surface area (Å²) in [5, 5.41) is 14.3. The molecule has 0 amide bonds. The monoisotopic (exact) mass is 325 g/mol. The average Bonchev–Trinajstić information content (AvgIpc) is 2.42. The fourth-order valence-electron chi connectivity index (χ4n) is 1.76. The molecule has 0 aliphatic heterocycles. The Bertz CT molecular complexity index is 709. The van der Waals surface area contributed by atoms with E-state index in [9.17, 15) is 14.3 Å². The van der Waals surface area contributed by atoms with Crippen LogP contribution in [-0.2, 0) is 16.6 Å². The van der Waals surface area contributed by atoms with Crippen LogP contribution in [-0.4, -0.2) is 20.4 Å². The molecule has 1 aromatic carbocycles. The van der Waals surface area contributed by atoms with E-state index in [1.54, 1.807) is 24.5 Å². The van der Waals surface area contributed by atoms with Crippen LogP contribution in [0.2, 0.25) is 5.02 Å². The minimum atomic E-state index is -1.03. The smallest absolute Gasteiger partial charge is 0.311 e. The van der Waals surface area contributed by atoms with Gasteiger partial charge in [-0.25, -0.2) is 4.98 Å². The van der Waals surface area contributed by atoms with Gasteiger partial charge in [-0.05, 0) is 29.8 Å². The number of halogens is 1. The molecular weight excluding hydrogens is 314 g/mol. The summed E-state index contributed by atoms with van der Waals surface area (Å²) in [6.07, 6.45) is 3.05. The highest BCUT2D eigenvalue weighted by atomic mass is 35.5. The molecule has 0 radical (unpaired) electrons. The first-order chi connectivity index (χ1) is 9.97. The van der Waals surface area contributed by atoms with Gasteiger partial charge in [0.1, 0.15) is 0 Å². The third-order valence-corrected chi connectivity index (χ3v) is 3.74. The van der Waals surface area contributed by atoms with Crippen LogP contribution in [0.15, 0.2) is 36.5 Å². The van der Waals surface area contributed by atoms with E-state index in [-0.39, 0.29) is 11.5 Å². The topological polar surface area (TPSA) is 85.1 Å². The SMILES string of the molecule is C[S@](=O)Cc1cc(Nc2ncccc2[N+](=O)[O-])ccc1Cl. The number of benzene rings is 1. The lowest BCUT2D eigenvalue weighted by atomic mass is 10.2. The van der Waals surface area contributed by atoms with Gasteiger partial charge in [0, 0.05) is 45.8 Å². The lowest BCUT2D eigenvalue weighted by Crippen LogP contribution is -2.00. The van der Waals surface area contributed by atoms with Crippen molar-refractivity contribution in [3.8, 4) is 0 Å². The van der Waals surface area contributed by atoms with Crippen LogP contribution >= 0.6 is 11.6 Å². The Labute approximate surface area is 128 Å². The molecule has 0 unspecified atom stereocenters. The van der Waals surface area contributed by atoms with Crippen LogP contribution in [0.3, 0.4) is 0 Å². The first kappa shape index (κ1) is 15.4. The normalized spacial score (nSPS) is 11.9. The molecular formula is C13H12ClN3O3S. The highest BCUT2D eigenvalue weighted by molar-refractivity contribution is 7.83. The number of nitrogens with zero attached hydrogens (tertiary/aromatic N) is 2. The van der Waals surface area contributed by atoms with Crippen molar-refractivity contribution in [2.24, 2.45) is 0 Å². The van der Waals surface area contributed by atoms with Gasteiger partial charge in [-0.2, -0.15) is 0 Å². The van der Waals surface area contributed by atoms with Crippen LogP contribution < -0.4 is 5.32 Å². The number of pyridine rings is 1. The molecule has 2 aromatic rings. The second-order valence-electron chi connectivity index (χ2n) is 4.28. The third kappa shape index (κ3) is 3.99. The average molecular weight is 326 g/mol. The fourth-order valence-corrected chi connectivity index (χ4v) is 2.70. The van der Waals surface area contributed by atoms with Gasteiger partial charge in [0.2, 0.25) is 5.82 Å². The van der Waals surface area contributed by atoms with E-state index in [1.165, 1.54) is 18.3 Å². The van der Waals surface area contributed by atoms with Gasteiger partial charge in [-0.15, -0.1) is 0 Å². The van der Waals surface area contributed by atoms with Crippen molar-refractivity contribution in [2.45, 2.75) is 5.75 Å². The maximum atomic E-state index is 11.3. The minimum Gasteiger partial charge on any atom is -0.334 e. The first-order valence-electron chi connectivity index (χ1n) is 5.92. The lowest BCUT2D eigenvalue weighted by molar-refractivity contribution is -0.384. The Morgan fingerprint density at radius 2 is 2.19 bits per heavy atom. The molecule has 0 aliphatic carbocycles. The van der Waals surface area contributed by atoms with Gasteiger partial charge in [0.15, 0.2) is 0 Å². The fraction of sp³-hybridized carbons (Fsp3) is 0.154. The number of anilines is 2. The van der Waals surface area contributed by atoms with Gasteiger partial charge >= 0.3 is 5.69 Å². The largest absolute Gasteiger partial charge is 0.334 e. The highest BCUT2D eigenvalue weighted by Crippen LogP contribution is 2.27. The van der Waals surface area contributed by atoms with Crippen molar-refractivity contribution >= 4 is 39.6 Å². The van der Waals surface area contributed by atoms with Crippen LogP contribution in [0.1, 0.15) is 5.56 Å². The van der Waals surface area contributed by atoms with E-state index in [0.29, 0.717) is 22.0 Å². The number of nitrogens with one attached hydrogen (secondary N) is 1. The summed E-state index contributed by atoms with van der Waals surface area (Å²) in [4.78, 5) is 14.4. The van der Waals surface area contributed by atoms with Gasteiger partial charge in [0.25, 0.3) is 0 Å². The van der Waals surface area contributed by atoms with Crippen molar-refractivity contribution in [2.75, 3.05) is 11.6 Å². The van der Waals surface area contributed by atoms with E-state index in [4.69, 9.17) is 11.6 Å². The maximum absolute atomic E-state index is 11.3. The van der Waals surface area contributed by atoms with E-state index in [0.717, 1.165) is 0 Å². The highest BCUT2D eigenvalue weighted by Gasteiger charge is 2.14. The second kappa shape index (κ2) is 6.64. The minimum absolute atomic E-state index is 0.118. The molecule has 1 heterocycles. The van der Waals surface area contributed by atoms with Crippen molar-refractivity contribution in [1.29, 1.82) is 0 Å². The Morgan fingerprint density at radius 1 is 1.43 bits per heavy atom. The molecule has 0 aliphatic rings. The van der Waals surface area contributed by atoms with Crippen LogP contribution in [0, 0.1) is 10.1 Å². The number of rotatable bonds is 5. The molecule has 6 nitrogen and oxygen atoms in total. The molecule has 0 saturated heterocycles. The summed E-state index contributed by atoms with van der Waals surface area (Å²) in [5.74, 6) is 0.465. The van der Waals surface area contributed by atoms with Crippen molar-refractivity contribution in [1.82, 2.24) is 4.98 Å². The second-order valence-corrected chi connectivity index (χ2v) is 6.12. The number of nitro groups is 1. The Morgan fingerprint density at radius 3 is 2.86 bits per heavy atom. The van der Waals surface area contributed by atoms with Gasteiger partial charge in [-0.3, -0.25) is 14.3 Å². The Hall–Kier alpha value is -1.99. The molecule has 21 heavy (non-hydrogen) atoms. The molecule has 1 atom stereocenters. The predicted molar refractivity (Wildman–Crippen MR) is 83.4 cm³/mol. The predicted octanol–water partition coefficient (Wildman–Crippen LogP) is 3.27. The Kier molecular flexibility index (Phi) is 4.87. The summed E-state index contributed by atoms with van der Waals surface area (Å²) in [6.45, 7) is 0. The zero-order chi connectivity index (χ0) is 15.4. The van der Waals surface area contributed by atoms with E-state index in [1.807, 2.05) is 0 Å². The number of hydrogen-bond donors (Lipinski definition) is 1. The number of hydrogen-bond acceptors (Lipinski definition) is 5. The van der Waals surface area contributed by atoms with Gasteiger partial charge in [0.05, 0.1) is 4.92 Å². The number of aromatic nitrogens is 1. The van der Waals surface area contributed by atoms with E-state index >= 15 is 0 Å². The molecule has 1 aromatic heterocycles. The molecule has 2 rings (SSSR count). The third-order valence-electron chi connectivity index (χ3n) is 2.65. The van der Waals surface area contributed by atoms with Crippen LogP contribution in [0.25, 0.3) is 0 Å². The molecule has 1 N–H and O–H groups in total. The van der Waals surface area contributed by atoms with Gasteiger partial charge in [-0.1, -0.05) is 11.6 Å².